The van der Waals surface area contributed by atoms with E-state index >= 15 is 0 Å². The molecule has 28 heavy (non-hydrogen) atoms. The van der Waals surface area contributed by atoms with Crippen molar-refractivity contribution in [2.24, 2.45) is 0 Å². The summed E-state index contributed by atoms with van der Waals surface area (Å²) in [6.45, 7) is 0. The number of aromatic nitrogens is 3. The van der Waals surface area contributed by atoms with E-state index in [9.17, 15) is 0 Å². The van der Waals surface area contributed by atoms with Gasteiger partial charge in [-0.1, -0.05) is 0 Å². The molecular formula is C24H18BiN3. The number of nitrogens with one attached hydrogen (secondary N) is 3. The quantitative estimate of drug-likeness (QED) is 0.279. The van der Waals surface area contributed by atoms with E-state index in [1.54, 1.807) is 0 Å². The summed E-state index contributed by atoms with van der Waals surface area (Å²) < 4.78 is 4.15. The van der Waals surface area contributed by atoms with Crippen LogP contribution in [0.5, 0.6) is 0 Å². The molecule has 0 saturated carbocycles. The number of fused-ring (bicyclic) bond motifs is 3. The molecule has 0 aliphatic rings. The molecule has 0 unspecified atom stereocenters. The van der Waals surface area contributed by atoms with Crippen LogP contribution in [-0.4, -0.2) is 36.7 Å². The van der Waals surface area contributed by atoms with E-state index in [-0.39, 0.29) is 0 Å². The Morgan fingerprint density at radius 2 is 0.750 bits per heavy atom. The molecule has 0 atom stereocenters. The fourth-order valence-electron chi connectivity index (χ4n) is 3.92. The third-order valence-corrected chi connectivity index (χ3v) is 13.7. The molecule has 3 aromatic heterocycles. The van der Waals surface area contributed by atoms with Gasteiger partial charge < -0.3 is 0 Å². The summed E-state index contributed by atoms with van der Waals surface area (Å²) in [5, 5.41) is 3.85. The summed E-state index contributed by atoms with van der Waals surface area (Å²) in [6, 6.07) is 32.7. The monoisotopic (exact) mass is 557 g/mol. The minimum absolute atomic E-state index is 1.21. The normalized spacial score (nSPS) is 11.9. The van der Waals surface area contributed by atoms with Crippen LogP contribution in [0.1, 0.15) is 0 Å². The van der Waals surface area contributed by atoms with Gasteiger partial charge in [0.2, 0.25) is 0 Å². The molecule has 0 bridgehead atoms. The number of para-hydroxylation sites is 3. The first kappa shape index (κ1) is 16.1. The molecule has 3 aromatic carbocycles. The van der Waals surface area contributed by atoms with Crippen molar-refractivity contribution in [1.82, 2.24) is 15.0 Å². The van der Waals surface area contributed by atoms with Gasteiger partial charge in [0.1, 0.15) is 0 Å². The van der Waals surface area contributed by atoms with Crippen LogP contribution < -0.4 is 10.2 Å². The second-order valence-electron chi connectivity index (χ2n) is 7.06. The second kappa shape index (κ2) is 6.36. The van der Waals surface area contributed by atoms with E-state index in [0.29, 0.717) is 0 Å². The van der Waals surface area contributed by atoms with Gasteiger partial charge in [0.05, 0.1) is 0 Å². The summed E-state index contributed by atoms with van der Waals surface area (Å²) >= 11 is -2.53. The van der Waals surface area contributed by atoms with Gasteiger partial charge in [-0.2, -0.15) is 0 Å². The summed E-state index contributed by atoms with van der Waals surface area (Å²) in [6.07, 6.45) is 0. The predicted octanol–water partition coefficient (Wildman–Crippen LogP) is 3.65. The Labute approximate surface area is 170 Å². The number of benzene rings is 3. The van der Waals surface area contributed by atoms with E-state index in [4.69, 9.17) is 0 Å². The van der Waals surface area contributed by atoms with Crippen LogP contribution in [0.25, 0.3) is 32.7 Å². The molecule has 3 N–H and O–H groups in total. The standard InChI is InChI=1S/3C8H6N.Bi/c3*1-2-4-8-7(3-1)5-6-9-8;/h3*1-5,9H;. The van der Waals surface area contributed by atoms with Crippen molar-refractivity contribution in [3.8, 4) is 0 Å². The Hall–Kier alpha value is -2.84. The fraction of sp³-hybridized carbons (Fsp3) is 0. The average Bonchev–Trinajstić information content (AvgIpc) is 3.44. The van der Waals surface area contributed by atoms with Crippen LogP contribution in [-0.2, 0) is 0 Å². The molecule has 0 saturated heterocycles. The SMILES string of the molecule is c1ccc2[nH][c]([Bi]([c]3cc4ccccc4[nH]3)[c]3cc4ccccc4[nH]3)cc2c1. The van der Waals surface area contributed by atoms with Crippen molar-refractivity contribution in [2.75, 3.05) is 0 Å². The van der Waals surface area contributed by atoms with Gasteiger partial charge in [0.25, 0.3) is 0 Å². The first-order chi connectivity index (χ1) is 13.8. The summed E-state index contributed by atoms with van der Waals surface area (Å²) in [5.74, 6) is 0. The Kier molecular flexibility index (Phi) is 3.67. The molecule has 134 valence electrons. The first-order valence-corrected chi connectivity index (χ1v) is 14.6. The van der Waals surface area contributed by atoms with E-state index in [0.717, 1.165) is 0 Å². The van der Waals surface area contributed by atoms with E-state index < -0.39 is 21.8 Å². The van der Waals surface area contributed by atoms with Crippen LogP contribution in [0.2, 0.25) is 0 Å². The zero-order valence-corrected chi connectivity index (χ0v) is 18.6. The summed E-state index contributed by atoms with van der Waals surface area (Å²) in [5.41, 5.74) is 3.64. The molecule has 0 fully saturated rings. The average molecular weight is 557 g/mol. The van der Waals surface area contributed by atoms with Crippen molar-refractivity contribution in [1.29, 1.82) is 0 Å². The van der Waals surface area contributed by atoms with Gasteiger partial charge in [-0.15, -0.1) is 0 Å². The molecule has 6 rings (SSSR count). The van der Waals surface area contributed by atoms with Crippen LogP contribution >= 0.6 is 0 Å². The minimum atomic E-state index is -2.53. The fourth-order valence-corrected chi connectivity index (χ4v) is 12.8. The third-order valence-electron chi connectivity index (χ3n) is 5.27. The molecule has 6 aromatic rings. The molecule has 4 heteroatoms. The van der Waals surface area contributed by atoms with Gasteiger partial charge in [0.15, 0.2) is 0 Å². The van der Waals surface area contributed by atoms with Crippen molar-refractivity contribution in [2.45, 2.75) is 0 Å². The predicted molar refractivity (Wildman–Crippen MR) is 120 cm³/mol. The Balaban J connectivity index is 1.60. The zero-order chi connectivity index (χ0) is 18.5. The molecule has 0 amide bonds. The number of hydrogen-bond donors (Lipinski definition) is 3. The van der Waals surface area contributed by atoms with E-state index in [2.05, 4.69) is 106 Å². The van der Waals surface area contributed by atoms with Crippen molar-refractivity contribution in [3.05, 3.63) is 91.0 Å². The van der Waals surface area contributed by atoms with Crippen molar-refractivity contribution >= 4 is 64.7 Å². The molecule has 0 aliphatic heterocycles. The number of hydrogen-bond acceptors (Lipinski definition) is 0. The molecule has 3 nitrogen and oxygen atoms in total. The molecule has 0 aliphatic carbocycles. The zero-order valence-electron chi connectivity index (χ0n) is 15.1. The maximum absolute atomic E-state index is 3.73. The summed E-state index contributed by atoms with van der Waals surface area (Å²) in [7, 11) is 0. The van der Waals surface area contributed by atoms with Gasteiger partial charge in [-0.05, 0) is 0 Å². The number of H-pyrrole nitrogens is 3. The van der Waals surface area contributed by atoms with Crippen LogP contribution in [0.4, 0.5) is 0 Å². The molecular weight excluding hydrogens is 539 g/mol. The van der Waals surface area contributed by atoms with Crippen LogP contribution in [0.15, 0.2) is 91.0 Å². The molecule has 3 heterocycles. The van der Waals surface area contributed by atoms with Crippen molar-refractivity contribution < 1.29 is 0 Å². The van der Waals surface area contributed by atoms with Gasteiger partial charge >= 0.3 is 171 Å². The van der Waals surface area contributed by atoms with Gasteiger partial charge in [0, 0.05) is 0 Å². The maximum atomic E-state index is 3.73. The Morgan fingerprint density at radius 3 is 1.07 bits per heavy atom. The second-order valence-corrected chi connectivity index (χ2v) is 15.3. The number of rotatable bonds is 3. The molecule has 0 radical (unpaired) electrons. The third kappa shape index (κ3) is 2.60. The van der Waals surface area contributed by atoms with Crippen LogP contribution in [0.3, 0.4) is 0 Å². The number of aromatic amines is 3. The summed E-state index contributed by atoms with van der Waals surface area (Å²) in [4.78, 5) is 11.2. The Bertz CT molecular complexity index is 1160. The van der Waals surface area contributed by atoms with Gasteiger partial charge in [-0.25, -0.2) is 0 Å². The van der Waals surface area contributed by atoms with Gasteiger partial charge in [-0.3, -0.25) is 0 Å². The van der Waals surface area contributed by atoms with E-state index in [1.165, 1.54) is 42.9 Å². The van der Waals surface area contributed by atoms with E-state index in [1.807, 2.05) is 0 Å². The first-order valence-electron chi connectivity index (χ1n) is 9.38. The molecule has 0 spiro atoms. The van der Waals surface area contributed by atoms with Crippen molar-refractivity contribution in [3.63, 3.8) is 0 Å². The Morgan fingerprint density at radius 1 is 0.429 bits per heavy atom. The van der Waals surface area contributed by atoms with Crippen LogP contribution in [0, 0.1) is 0 Å². The topological polar surface area (TPSA) is 47.4 Å².